The van der Waals surface area contributed by atoms with E-state index in [1.165, 1.54) is 0 Å². The number of rotatable bonds is 8. The van der Waals surface area contributed by atoms with E-state index in [9.17, 15) is 14.7 Å². The number of hydrogen-bond acceptors (Lipinski definition) is 6. The molecule has 0 amide bonds. The first-order valence-corrected chi connectivity index (χ1v) is 12.2. The topological polar surface area (TPSA) is 114 Å². The lowest BCUT2D eigenvalue weighted by Gasteiger charge is -2.40. The Morgan fingerprint density at radius 1 is 0.944 bits per heavy atom. The molecule has 1 aliphatic heterocycles. The maximum Gasteiger partial charge on any atom is 0.306 e. The number of carbonyl (C=O) groups excluding carboxylic acids is 2. The van der Waals surface area contributed by atoms with Crippen molar-refractivity contribution in [3.05, 3.63) is 72.1 Å². The molecule has 5 rings (SSSR count). The van der Waals surface area contributed by atoms with Gasteiger partial charge in [0, 0.05) is 53.5 Å². The summed E-state index contributed by atoms with van der Waals surface area (Å²) < 4.78 is 16.7. The van der Waals surface area contributed by atoms with E-state index < -0.39 is 24.0 Å². The van der Waals surface area contributed by atoms with Gasteiger partial charge in [0.15, 0.2) is 11.9 Å². The zero-order valence-corrected chi connectivity index (χ0v) is 20.2. The average molecular weight is 491 g/mol. The molecule has 8 nitrogen and oxygen atoms in total. The van der Waals surface area contributed by atoms with E-state index in [0.717, 1.165) is 32.9 Å². The van der Waals surface area contributed by atoms with E-state index in [0.29, 0.717) is 12.8 Å². The second kappa shape index (κ2) is 10.2. The Bertz CT molecular complexity index is 1370. The number of aryl methyl sites for hydroxylation is 2. The number of ether oxygens (including phenoxy) is 3. The number of aromatic amines is 2. The predicted octanol–water partition coefficient (Wildman–Crippen LogP) is 4.17. The van der Waals surface area contributed by atoms with Crippen molar-refractivity contribution < 1.29 is 28.9 Å². The minimum Gasteiger partial charge on any atom is -0.460 e. The third-order valence-electron chi connectivity index (χ3n) is 6.79. The fourth-order valence-electron chi connectivity index (χ4n) is 4.86. The molecule has 0 aliphatic carbocycles. The lowest BCUT2D eigenvalue weighted by Crippen LogP contribution is -2.53. The van der Waals surface area contributed by atoms with Gasteiger partial charge in [-0.25, -0.2) is 0 Å². The Labute approximate surface area is 208 Å². The van der Waals surface area contributed by atoms with Crippen LogP contribution in [0, 0.1) is 0 Å². The molecule has 1 aliphatic rings. The van der Waals surface area contributed by atoms with Crippen LogP contribution in [-0.2, 0) is 36.6 Å². The van der Waals surface area contributed by atoms with E-state index in [2.05, 4.69) is 9.97 Å². The summed E-state index contributed by atoms with van der Waals surface area (Å²) in [4.78, 5) is 31.6. The van der Waals surface area contributed by atoms with Crippen LogP contribution in [0.25, 0.3) is 21.8 Å². The van der Waals surface area contributed by atoms with Crippen LogP contribution in [0.2, 0.25) is 0 Å². The lowest BCUT2D eigenvalue weighted by molar-refractivity contribution is -0.266. The second-order valence-electron chi connectivity index (χ2n) is 9.51. The summed E-state index contributed by atoms with van der Waals surface area (Å²) in [5, 5.41) is 12.6. The first-order valence-electron chi connectivity index (χ1n) is 12.2. The van der Waals surface area contributed by atoms with Crippen LogP contribution < -0.4 is 0 Å². The van der Waals surface area contributed by atoms with Crippen molar-refractivity contribution in [2.45, 2.75) is 57.0 Å². The summed E-state index contributed by atoms with van der Waals surface area (Å²) in [6, 6.07) is 15.8. The third kappa shape index (κ3) is 5.15. The van der Waals surface area contributed by atoms with Crippen molar-refractivity contribution in [3.63, 3.8) is 0 Å². The minimum absolute atomic E-state index is 0.0441. The molecule has 3 heterocycles. The molecular formula is C28H30N2O6. The van der Waals surface area contributed by atoms with Crippen LogP contribution in [0.1, 0.15) is 37.3 Å². The number of aromatic nitrogens is 2. The van der Waals surface area contributed by atoms with Crippen molar-refractivity contribution >= 4 is 33.7 Å². The molecule has 188 valence electrons. The molecule has 2 aromatic heterocycles. The van der Waals surface area contributed by atoms with E-state index in [4.69, 9.17) is 14.2 Å². The van der Waals surface area contributed by atoms with Crippen LogP contribution in [0.3, 0.4) is 0 Å². The van der Waals surface area contributed by atoms with Crippen molar-refractivity contribution in [3.8, 4) is 0 Å². The summed E-state index contributed by atoms with van der Waals surface area (Å²) in [7, 11) is 0. The Morgan fingerprint density at radius 2 is 1.50 bits per heavy atom. The zero-order chi connectivity index (χ0) is 25.1. The van der Waals surface area contributed by atoms with E-state index in [1.54, 1.807) is 6.92 Å². The van der Waals surface area contributed by atoms with E-state index >= 15 is 0 Å². The first-order chi connectivity index (χ1) is 17.4. The molecule has 3 N–H and O–H groups in total. The number of para-hydroxylation sites is 2. The maximum absolute atomic E-state index is 12.7. The summed E-state index contributed by atoms with van der Waals surface area (Å²) in [6.45, 7) is 1.65. The number of H-pyrrole nitrogens is 2. The van der Waals surface area contributed by atoms with Gasteiger partial charge in [0.25, 0.3) is 0 Å². The van der Waals surface area contributed by atoms with E-state index in [1.807, 2.05) is 60.9 Å². The molecule has 0 bridgehead atoms. The smallest absolute Gasteiger partial charge is 0.306 e. The summed E-state index contributed by atoms with van der Waals surface area (Å²) in [6.07, 6.45) is 3.45. The Morgan fingerprint density at radius 3 is 2.11 bits per heavy atom. The highest BCUT2D eigenvalue weighted by molar-refractivity contribution is 5.84. The van der Waals surface area contributed by atoms with E-state index in [-0.39, 0.29) is 31.8 Å². The van der Waals surface area contributed by atoms with Gasteiger partial charge in [-0.3, -0.25) is 9.59 Å². The van der Waals surface area contributed by atoms with Gasteiger partial charge >= 0.3 is 11.9 Å². The summed E-state index contributed by atoms with van der Waals surface area (Å²) in [5.74, 6) is -0.810. The molecule has 0 spiro atoms. The van der Waals surface area contributed by atoms with Gasteiger partial charge in [-0.05, 0) is 43.0 Å². The third-order valence-corrected chi connectivity index (χ3v) is 6.79. The minimum atomic E-state index is -1.31. The molecule has 0 saturated carbocycles. The molecule has 1 saturated heterocycles. The molecule has 2 aromatic carbocycles. The highest BCUT2D eigenvalue weighted by Gasteiger charge is 2.45. The van der Waals surface area contributed by atoms with Crippen LogP contribution in [0.15, 0.2) is 60.9 Å². The van der Waals surface area contributed by atoms with Crippen molar-refractivity contribution in [1.29, 1.82) is 0 Å². The Hall–Kier alpha value is -3.62. The SMILES string of the molecule is CC1(OC(=O)CCc2c[nH]c3ccccc23)C[C@H](OC(=O)CCc2c[nH]c3ccccc23)COC1O. The van der Waals surface area contributed by atoms with Crippen LogP contribution in [-0.4, -0.2) is 51.6 Å². The maximum atomic E-state index is 12.7. The van der Waals surface area contributed by atoms with Crippen molar-refractivity contribution in [2.24, 2.45) is 0 Å². The number of benzene rings is 2. The van der Waals surface area contributed by atoms with Gasteiger partial charge < -0.3 is 29.3 Å². The number of esters is 2. The van der Waals surface area contributed by atoms with Crippen LogP contribution in [0.5, 0.6) is 0 Å². The number of nitrogens with one attached hydrogen (secondary N) is 2. The highest BCUT2D eigenvalue weighted by atomic mass is 16.7. The number of fused-ring (bicyclic) bond motifs is 2. The largest absolute Gasteiger partial charge is 0.460 e. The van der Waals surface area contributed by atoms with Gasteiger partial charge in [0.05, 0.1) is 6.61 Å². The Kier molecular flexibility index (Phi) is 6.80. The summed E-state index contributed by atoms with van der Waals surface area (Å²) in [5.41, 5.74) is 2.80. The molecular weight excluding hydrogens is 460 g/mol. The number of hydrogen-bond donors (Lipinski definition) is 3. The zero-order valence-electron chi connectivity index (χ0n) is 20.2. The van der Waals surface area contributed by atoms with Crippen molar-refractivity contribution in [2.75, 3.05) is 6.61 Å². The van der Waals surface area contributed by atoms with Gasteiger partial charge in [-0.2, -0.15) is 0 Å². The van der Waals surface area contributed by atoms with Gasteiger partial charge in [-0.1, -0.05) is 36.4 Å². The molecule has 36 heavy (non-hydrogen) atoms. The second-order valence-corrected chi connectivity index (χ2v) is 9.51. The fourth-order valence-corrected chi connectivity index (χ4v) is 4.86. The highest BCUT2D eigenvalue weighted by Crippen LogP contribution is 2.31. The van der Waals surface area contributed by atoms with Crippen LogP contribution >= 0.6 is 0 Å². The number of aliphatic hydroxyl groups excluding tert-OH is 1. The first kappa shape index (κ1) is 24.1. The molecule has 0 radical (unpaired) electrons. The molecule has 1 fully saturated rings. The molecule has 8 heteroatoms. The molecule has 2 unspecified atom stereocenters. The number of carbonyl (C=O) groups is 2. The average Bonchev–Trinajstić information content (AvgIpc) is 3.48. The standard InChI is InChI=1S/C28H30N2O6/c1-28(36-26(32)13-11-19-16-30-24-9-5-3-7-22(19)24)14-20(17-34-27(28)33)35-25(31)12-10-18-15-29-23-8-4-2-6-21(18)23/h2-9,15-16,20,27,29-30,33H,10-14,17H2,1H3/t20-,27?,28?/m0/s1. The number of aliphatic hydroxyl groups is 1. The molecule has 3 atom stereocenters. The van der Waals surface area contributed by atoms with Crippen molar-refractivity contribution in [1.82, 2.24) is 9.97 Å². The fraction of sp³-hybridized carbons (Fsp3) is 0.357. The Balaban J connectivity index is 1.13. The lowest BCUT2D eigenvalue weighted by atomic mass is 9.94. The predicted molar refractivity (Wildman–Crippen MR) is 134 cm³/mol. The van der Waals surface area contributed by atoms with Crippen LogP contribution in [0.4, 0.5) is 0 Å². The quantitative estimate of drug-likeness (QED) is 0.320. The van der Waals surface area contributed by atoms with Gasteiger partial charge in [-0.15, -0.1) is 0 Å². The van der Waals surface area contributed by atoms with Gasteiger partial charge in [0.1, 0.15) is 6.10 Å². The monoisotopic (exact) mass is 490 g/mol. The van der Waals surface area contributed by atoms with Gasteiger partial charge in [0.2, 0.25) is 0 Å². The normalized spacial score (nSPS) is 22.1. The molecule has 4 aromatic rings. The summed E-state index contributed by atoms with van der Waals surface area (Å²) >= 11 is 0.